The standard InChI is InChI=1S/C14H17N5OS/c1-10-17-13(12-3-6-21-14(12)18-10)16-8-11-7-15-9-19(11)4-5-20-2/h3,6-7,9H,4-5,8H2,1-2H3,(H,16,17,18). The second-order valence-electron chi connectivity index (χ2n) is 4.68. The molecular weight excluding hydrogens is 286 g/mol. The number of nitrogens with zero attached hydrogens (tertiary/aromatic N) is 4. The Kier molecular flexibility index (Phi) is 4.12. The first kappa shape index (κ1) is 14.0. The van der Waals surface area contributed by atoms with Gasteiger partial charge in [0.15, 0.2) is 0 Å². The Morgan fingerprint density at radius 2 is 2.29 bits per heavy atom. The van der Waals surface area contributed by atoms with Gasteiger partial charge in [-0.3, -0.25) is 0 Å². The average molecular weight is 303 g/mol. The van der Waals surface area contributed by atoms with Crippen LogP contribution >= 0.6 is 11.3 Å². The summed E-state index contributed by atoms with van der Waals surface area (Å²) < 4.78 is 7.19. The summed E-state index contributed by atoms with van der Waals surface area (Å²) in [6, 6.07) is 2.05. The molecule has 0 unspecified atom stereocenters. The lowest BCUT2D eigenvalue weighted by Gasteiger charge is -2.10. The number of rotatable bonds is 6. The van der Waals surface area contributed by atoms with Crippen LogP contribution < -0.4 is 5.32 Å². The van der Waals surface area contributed by atoms with Crippen LogP contribution in [-0.2, 0) is 17.8 Å². The van der Waals surface area contributed by atoms with Crippen molar-refractivity contribution in [2.45, 2.75) is 20.0 Å². The van der Waals surface area contributed by atoms with Crippen molar-refractivity contribution >= 4 is 27.4 Å². The van der Waals surface area contributed by atoms with Gasteiger partial charge >= 0.3 is 0 Å². The van der Waals surface area contributed by atoms with E-state index in [9.17, 15) is 0 Å². The highest BCUT2D eigenvalue weighted by molar-refractivity contribution is 7.16. The highest BCUT2D eigenvalue weighted by Crippen LogP contribution is 2.25. The van der Waals surface area contributed by atoms with Crippen LogP contribution in [0.2, 0.25) is 0 Å². The van der Waals surface area contributed by atoms with E-state index in [1.807, 2.05) is 30.9 Å². The fraction of sp³-hybridized carbons (Fsp3) is 0.357. The Bertz CT molecular complexity index is 736. The molecule has 0 spiro atoms. The molecule has 0 amide bonds. The minimum absolute atomic E-state index is 0.671. The van der Waals surface area contributed by atoms with Crippen LogP contribution in [0.4, 0.5) is 5.82 Å². The van der Waals surface area contributed by atoms with Gasteiger partial charge in [0.25, 0.3) is 0 Å². The summed E-state index contributed by atoms with van der Waals surface area (Å²) in [5.74, 6) is 1.65. The maximum absolute atomic E-state index is 5.11. The number of anilines is 1. The fourth-order valence-corrected chi connectivity index (χ4v) is 2.97. The van der Waals surface area contributed by atoms with Gasteiger partial charge in [0, 0.05) is 19.9 Å². The molecule has 0 saturated carbocycles. The minimum atomic E-state index is 0.671. The number of aromatic nitrogens is 4. The molecule has 3 aromatic rings. The molecule has 3 heterocycles. The first-order valence-corrected chi connectivity index (χ1v) is 7.59. The van der Waals surface area contributed by atoms with Crippen molar-refractivity contribution in [3.8, 4) is 0 Å². The number of thiophene rings is 1. The van der Waals surface area contributed by atoms with Gasteiger partial charge < -0.3 is 14.6 Å². The number of imidazole rings is 1. The predicted octanol–water partition coefficient (Wildman–Crippen LogP) is 2.45. The molecule has 0 saturated heterocycles. The van der Waals surface area contributed by atoms with Crippen LogP contribution in [-0.4, -0.2) is 33.2 Å². The van der Waals surface area contributed by atoms with E-state index in [4.69, 9.17) is 4.74 Å². The SMILES string of the molecule is COCCn1cncc1CNc1nc(C)nc2sccc12. The Morgan fingerprint density at radius 3 is 3.14 bits per heavy atom. The van der Waals surface area contributed by atoms with Crippen molar-refractivity contribution in [2.24, 2.45) is 0 Å². The molecule has 3 rings (SSSR count). The maximum Gasteiger partial charge on any atom is 0.138 e. The second-order valence-corrected chi connectivity index (χ2v) is 5.58. The fourth-order valence-electron chi connectivity index (χ4n) is 2.16. The van der Waals surface area contributed by atoms with Gasteiger partial charge in [0.1, 0.15) is 16.5 Å². The van der Waals surface area contributed by atoms with E-state index >= 15 is 0 Å². The van der Waals surface area contributed by atoms with E-state index in [2.05, 4.69) is 24.8 Å². The van der Waals surface area contributed by atoms with Crippen molar-refractivity contribution < 1.29 is 4.74 Å². The van der Waals surface area contributed by atoms with Gasteiger partial charge in [-0.25, -0.2) is 15.0 Å². The highest BCUT2D eigenvalue weighted by Gasteiger charge is 2.08. The van der Waals surface area contributed by atoms with Crippen molar-refractivity contribution in [3.05, 3.63) is 35.5 Å². The average Bonchev–Trinajstić information content (AvgIpc) is 3.10. The van der Waals surface area contributed by atoms with Gasteiger partial charge in [-0.1, -0.05) is 0 Å². The third kappa shape index (κ3) is 3.03. The van der Waals surface area contributed by atoms with Crippen LogP contribution in [0.5, 0.6) is 0 Å². The van der Waals surface area contributed by atoms with Crippen LogP contribution in [0.25, 0.3) is 10.2 Å². The first-order valence-electron chi connectivity index (χ1n) is 6.71. The molecule has 0 fully saturated rings. The van der Waals surface area contributed by atoms with Crippen LogP contribution in [0.1, 0.15) is 11.5 Å². The van der Waals surface area contributed by atoms with Crippen LogP contribution in [0.15, 0.2) is 24.0 Å². The predicted molar refractivity (Wildman–Crippen MR) is 83.6 cm³/mol. The van der Waals surface area contributed by atoms with Gasteiger partial charge in [0.05, 0.1) is 30.6 Å². The number of nitrogens with one attached hydrogen (secondary N) is 1. The van der Waals surface area contributed by atoms with Crippen LogP contribution in [0, 0.1) is 6.92 Å². The first-order chi connectivity index (χ1) is 10.3. The van der Waals surface area contributed by atoms with Crippen molar-refractivity contribution in [2.75, 3.05) is 19.0 Å². The molecule has 0 aliphatic heterocycles. The van der Waals surface area contributed by atoms with Crippen LogP contribution in [0.3, 0.4) is 0 Å². The summed E-state index contributed by atoms with van der Waals surface area (Å²) in [6.07, 6.45) is 3.68. The Balaban J connectivity index is 1.77. The lowest BCUT2D eigenvalue weighted by molar-refractivity contribution is 0.186. The van der Waals surface area contributed by atoms with Gasteiger partial charge in [-0.15, -0.1) is 11.3 Å². The van der Waals surface area contributed by atoms with Gasteiger partial charge in [0.2, 0.25) is 0 Å². The largest absolute Gasteiger partial charge is 0.383 e. The van der Waals surface area contributed by atoms with Crippen molar-refractivity contribution in [3.63, 3.8) is 0 Å². The van der Waals surface area contributed by atoms with E-state index in [0.717, 1.165) is 34.1 Å². The Hall–Kier alpha value is -1.99. The molecule has 0 radical (unpaired) electrons. The summed E-state index contributed by atoms with van der Waals surface area (Å²) in [5.41, 5.74) is 1.10. The number of ether oxygens (including phenoxy) is 1. The molecule has 1 N–H and O–H groups in total. The lowest BCUT2D eigenvalue weighted by Crippen LogP contribution is -2.11. The number of methoxy groups -OCH3 is 1. The molecule has 3 aromatic heterocycles. The molecule has 6 nitrogen and oxygen atoms in total. The highest BCUT2D eigenvalue weighted by atomic mass is 32.1. The monoisotopic (exact) mass is 303 g/mol. The zero-order chi connectivity index (χ0) is 14.7. The summed E-state index contributed by atoms with van der Waals surface area (Å²) in [7, 11) is 1.70. The quantitative estimate of drug-likeness (QED) is 0.758. The molecule has 110 valence electrons. The Morgan fingerprint density at radius 1 is 1.38 bits per heavy atom. The van der Waals surface area contributed by atoms with Gasteiger partial charge in [-0.2, -0.15) is 0 Å². The van der Waals surface area contributed by atoms with E-state index in [1.54, 1.807) is 18.4 Å². The minimum Gasteiger partial charge on any atom is -0.383 e. The van der Waals surface area contributed by atoms with Crippen molar-refractivity contribution in [1.82, 2.24) is 19.5 Å². The molecule has 0 aliphatic carbocycles. The number of fused-ring (bicyclic) bond motifs is 1. The third-order valence-electron chi connectivity index (χ3n) is 3.21. The van der Waals surface area contributed by atoms with E-state index in [0.29, 0.717) is 13.2 Å². The molecule has 0 aliphatic rings. The van der Waals surface area contributed by atoms with E-state index in [1.165, 1.54) is 0 Å². The molecular formula is C14H17N5OS. The summed E-state index contributed by atoms with van der Waals surface area (Å²) in [4.78, 5) is 14.1. The zero-order valence-electron chi connectivity index (χ0n) is 12.0. The summed E-state index contributed by atoms with van der Waals surface area (Å²) in [5, 5.41) is 6.49. The number of hydrogen-bond donors (Lipinski definition) is 1. The molecule has 21 heavy (non-hydrogen) atoms. The lowest BCUT2D eigenvalue weighted by atomic mass is 10.3. The molecule has 7 heteroatoms. The zero-order valence-corrected chi connectivity index (χ0v) is 12.9. The third-order valence-corrected chi connectivity index (χ3v) is 4.02. The van der Waals surface area contributed by atoms with Crippen molar-refractivity contribution in [1.29, 1.82) is 0 Å². The topological polar surface area (TPSA) is 64.9 Å². The molecule has 0 aromatic carbocycles. The number of aryl methyl sites for hydroxylation is 1. The maximum atomic E-state index is 5.11. The summed E-state index contributed by atoms with van der Waals surface area (Å²) >= 11 is 1.63. The molecule has 0 atom stereocenters. The van der Waals surface area contributed by atoms with Gasteiger partial charge in [-0.05, 0) is 18.4 Å². The van der Waals surface area contributed by atoms with E-state index in [-0.39, 0.29) is 0 Å². The smallest absolute Gasteiger partial charge is 0.138 e. The molecule has 0 bridgehead atoms. The Labute approximate surface area is 126 Å². The normalized spacial score (nSPS) is 11.1. The van der Waals surface area contributed by atoms with E-state index < -0.39 is 0 Å². The second kappa shape index (κ2) is 6.19. The summed E-state index contributed by atoms with van der Waals surface area (Å²) in [6.45, 7) is 4.05. The number of hydrogen-bond acceptors (Lipinski definition) is 6.